The summed E-state index contributed by atoms with van der Waals surface area (Å²) in [5, 5.41) is 48.2. The van der Waals surface area contributed by atoms with Gasteiger partial charge in [-0.2, -0.15) is 0 Å². The largest absolute Gasteiger partial charge is 0.508 e. The van der Waals surface area contributed by atoms with Gasteiger partial charge in [-0.3, -0.25) is 4.79 Å². The van der Waals surface area contributed by atoms with Gasteiger partial charge in [-0.1, -0.05) is 25.1 Å². The van der Waals surface area contributed by atoms with E-state index in [2.05, 4.69) is 15.3 Å². The first-order chi connectivity index (χ1) is 28.9. The molecule has 6 unspecified atom stereocenters. The zero-order chi connectivity index (χ0) is 42.5. The Morgan fingerprint density at radius 3 is 2.62 bits per heavy atom. The van der Waals surface area contributed by atoms with Crippen LogP contribution < -0.4 is 26.9 Å². The standard InChI is InChI=1S/C46H51N5O9/c1-4-24(20-49-5-2)45(57)59-35-18-32-41(56)39-34(55)17-29(21-52)58-43(39)40-38-30-12-13-50-44(48)37(30)26(8-7-25-9-10-28(54)16-31(25)33(38)22-53)15-27(46(35,3)60-42(32)40)14-23-6-11-36(47)51-19-23/h4,6,9-13,16-17,19,26-27,33,35,38,49,52-54,56H,5,7-8,14-15,18,20-22H2,1-3H3,(H2,47,51)(H2,48,50). The number of pyridine rings is 2. The van der Waals surface area contributed by atoms with Gasteiger partial charge >= 0.3 is 5.97 Å². The van der Waals surface area contributed by atoms with Crippen molar-refractivity contribution in [3.8, 4) is 17.2 Å². The van der Waals surface area contributed by atoms with Crippen molar-refractivity contribution in [1.29, 1.82) is 0 Å². The van der Waals surface area contributed by atoms with E-state index in [0.717, 1.165) is 22.8 Å². The van der Waals surface area contributed by atoms with Crippen molar-refractivity contribution in [2.45, 2.75) is 88.9 Å². The van der Waals surface area contributed by atoms with E-state index in [-0.39, 0.29) is 58.5 Å². The highest BCUT2D eigenvalue weighted by molar-refractivity contribution is 5.92. The van der Waals surface area contributed by atoms with Crippen LogP contribution in [0.15, 0.2) is 75.7 Å². The number of allylic oxidation sites excluding steroid dienone is 1. The van der Waals surface area contributed by atoms with Crippen LogP contribution in [0, 0.1) is 5.92 Å². The van der Waals surface area contributed by atoms with Gasteiger partial charge in [0.25, 0.3) is 0 Å². The van der Waals surface area contributed by atoms with Crippen molar-refractivity contribution in [3.63, 3.8) is 0 Å². The van der Waals surface area contributed by atoms with Crippen molar-refractivity contribution >= 4 is 28.6 Å². The van der Waals surface area contributed by atoms with Crippen LogP contribution >= 0.6 is 0 Å². The number of aromatic hydroxyl groups is 2. The molecule has 2 aromatic carbocycles. The molecule has 60 heavy (non-hydrogen) atoms. The van der Waals surface area contributed by atoms with Gasteiger partial charge in [-0.15, -0.1) is 0 Å². The fraction of sp³-hybridized carbons (Fsp3) is 0.391. The van der Waals surface area contributed by atoms with Crippen LogP contribution in [0.25, 0.3) is 11.0 Å². The first-order valence-electron chi connectivity index (χ1n) is 20.5. The minimum atomic E-state index is -1.32. The Balaban J connectivity index is 1.50. The van der Waals surface area contributed by atoms with Crippen molar-refractivity contribution in [2.75, 3.05) is 31.2 Å². The number of phenolic OH excluding ortho intramolecular Hbond substituents is 2. The monoisotopic (exact) mass is 817 g/mol. The molecule has 0 saturated heterocycles. The van der Waals surface area contributed by atoms with Crippen molar-refractivity contribution in [2.24, 2.45) is 5.92 Å². The highest BCUT2D eigenvalue weighted by Crippen LogP contribution is 2.58. The molecule has 0 spiro atoms. The molecule has 0 radical (unpaired) electrons. The number of nitrogen functional groups attached to an aromatic ring is 2. The fourth-order valence-electron chi connectivity index (χ4n) is 9.83. The molecule has 6 atom stereocenters. The van der Waals surface area contributed by atoms with E-state index < -0.39 is 59.8 Å². The number of aliphatic hydroxyl groups excluding tert-OH is 2. The second kappa shape index (κ2) is 16.2. The van der Waals surface area contributed by atoms with Crippen LogP contribution in [0.2, 0.25) is 0 Å². The number of carbonyl (C=O) groups excluding carboxylic acids is 1. The number of rotatable bonds is 9. The molecular formula is C46H51N5O9. The fourth-order valence-corrected chi connectivity index (χ4v) is 9.83. The lowest BCUT2D eigenvalue weighted by atomic mass is 9.67. The number of nitrogens with one attached hydrogen (secondary N) is 1. The molecule has 9 N–H and O–H groups in total. The molecule has 14 heteroatoms. The number of nitrogens with two attached hydrogens (primary N) is 2. The number of fused-ring (bicyclic) bond motifs is 5. The summed E-state index contributed by atoms with van der Waals surface area (Å²) in [5.74, 6) is -2.54. The normalized spacial score (nSPS) is 23.4. The third-order valence-corrected chi connectivity index (χ3v) is 12.9. The molecule has 3 aliphatic rings. The number of hydrogen-bond acceptors (Lipinski definition) is 14. The molecule has 8 rings (SSSR count). The second-order valence-corrected chi connectivity index (χ2v) is 16.3. The van der Waals surface area contributed by atoms with Crippen LogP contribution in [-0.2, 0) is 35.4 Å². The van der Waals surface area contributed by atoms with Crippen LogP contribution in [0.5, 0.6) is 17.2 Å². The van der Waals surface area contributed by atoms with E-state index >= 15 is 0 Å². The summed E-state index contributed by atoms with van der Waals surface area (Å²) in [6, 6.07) is 11.8. The maximum absolute atomic E-state index is 14.2. The van der Waals surface area contributed by atoms with Gasteiger partial charge in [0.2, 0.25) is 0 Å². The Kier molecular flexibility index (Phi) is 11.0. The Labute approximate surface area is 346 Å². The number of likely N-dealkylation sites (N-methyl/N-ethyl adjacent to an activating group) is 1. The number of hydrogen-bond donors (Lipinski definition) is 7. The number of aromatic nitrogens is 2. The average molecular weight is 818 g/mol. The number of phenols is 2. The number of nitrogens with zero attached hydrogens (tertiary/aromatic N) is 2. The molecular weight excluding hydrogens is 767 g/mol. The van der Waals surface area contributed by atoms with Gasteiger partial charge in [0.1, 0.15) is 63.9 Å². The predicted molar refractivity (Wildman–Crippen MR) is 225 cm³/mol. The number of aliphatic hydroxyl groups is 2. The third kappa shape index (κ3) is 7.01. The van der Waals surface area contributed by atoms with Gasteiger partial charge in [0.15, 0.2) is 5.43 Å². The maximum atomic E-state index is 14.2. The third-order valence-electron chi connectivity index (χ3n) is 12.9. The molecule has 3 aromatic heterocycles. The van der Waals surface area contributed by atoms with E-state index in [0.29, 0.717) is 60.3 Å². The van der Waals surface area contributed by atoms with Crippen molar-refractivity contribution in [3.05, 3.63) is 121 Å². The Hall–Kier alpha value is -5.96. The minimum absolute atomic E-state index is 0.00695. The minimum Gasteiger partial charge on any atom is -0.508 e. The van der Waals surface area contributed by atoms with E-state index in [1.54, 1.807) is 43.6 Å². The van der Waals surface area contributed by atoms with Crippen molar-refractivity contribution in [1.82, 2.24) is 15.3 Å². The zero-order valence-electron chi connectivity index (χ0n) is 33.9. The topological polar surface area (TPSA) is 237 Å². The number of ether oxygens (including phenoxy) is 2. The highest BCUT2D eigenvalue weighted by Gasteiger charge is 2.54. The maximum Gasteiger partial charge on any atom is 0.335 e. The van der Waals surface area contributed by atoms with E-state index in [1.807, 2.05) is 32.0 Å². The molecule has 5 heterocycles. The number of aryl methyl sites for hydroxylation is 1. The van der Waals surface area contributed by atoms with Crippen LogP contribution in [-0.4, -0.2) is 67.8 Å². The number of benzene rings is 2. The lowest BCUT2D eigenvalue weighted by Gasteiger charge is -2.49. The Morgan fingerprint density at radius 1 is 1.08 bits per heavy atom. The lowest BCUT2D eigenvalue weighted by molar-refractivity contribution is -0.165. The molecule has 0 fully saturated rings. The summed E-state index contributed by atoms with van der Waals surface area (Å²) in [6.07, 6.45) is 5.96. The first kappa shape index (κ1) is 40.8. The summed E-state index contributed by atoms with van der Waals surface area (Å²) < 4.78 is 20.4. The molecule has 4 bridgehead atoms. The summed E-state index contributed by atoms with van der Waals surface area (Å²) in [7, 11) is 0. The van der Waals surface area contributed by atoms with Crippen LogP contribution in [0.3, 0.4) is 0 Å². The number of esters is 1. The van der Waals surface area contributed by atoms with E-state index in [1.165, 1.54) is 0 Å². The van der Waals surface area contributed by atoms with Crippen LogP contribution in [0.4, 0.5) is 11.6 Å². The van der Waals surface area contributed by atoms with Gasteiger partial charge in [-0.25, -0.2) is 14.8 Å². The number of anilines is 2. The summed E-state index contributed by atoms with van der Waals surface area (Å²) in [4.78, 5) is 37.3. The summed E-state index contributed by atoms with van der Waals surface area (Å²) in [6.45, 7) is 5.48. The molecule has 5 aromatic rings. The van der Waals surface area contributed by atoms with E-state index in [9.17, 15) is 30.0 Å². The van der Waals surface area contributed by atoms with Gasteiger partial charge in [0, 0.05) is 71.4 Å². The highest BCUT2D eigenvalue weighted by atomic mass is 16.6. The van der Waals surface area contributed by atoms with E-state index in [4.69, 9.17) is 25.4 Å². The molecule has 2 aliphatic heterocycles. The lowest BCUT2D eigenvalue weighted by Crippen LogP contribution is -2.57. The molecule has 314 valence electrons. The summed E-state index contributed by atoms with van der Waals surface area (Å²) in [5.41, 5.74) is 15.9. The first-order valence-corrected chi connectivity index (χ1v) is 20.5. The Morgan fingerprint density at radius 2 is 1.90 bits per heavy atom. The second-order valence-electron chi connectivity index (χ2n) is 16.3. The van der Waals surface area contributed by atoms with Crippen molar-refractivity contribution < 1.29 is 39.1 Å². The molecule has 0 saturated carbocycles. The summed E-state index contributed by atoms with van der Waals surface area (Å²) >= 11 is 0. The Bertz CT molecular complexity index is 2560. The SMILES string of the molecule is CC=C(CNCC)C(=O)OC1Cc2c3c(c4oc(CO)cc(=O)c4c2O)C2c4ccnc(N)c4C(CCc4ccc(O)cc4C2CO)CC(Cc2ccc(N)nc2)C1(C)O3. The van der Waals surface area contributed by atoms with Gasteiger partial charge in [0.05, 0.1) is 6.61 Å². The molecule has 1 aliphatic carbocycles. The quantitative estimate of drug-likeness (QED) is 0.0765. The van der Waals surface area contributed by atoms with Gasteiger partial charge in [-0.05, 0) is 98.5 Å². The van der Waals surface area contributed by atoms with Crippen LogP contribution in [0.1, 0.15) is 96.1 Å². The average Bonchev–Trinajstić information content (AvgIpc) is 3.28. The molecule has 14 nitrogen and oxygen atoms in total. The smallest absolute Gasteiger partial charge is 0.335 e. The molecule has 0 amide bonds. The predicted octanol–water partition coefficient (Wildman–Crippen LogP) is 5.01. The number of carbonyl (C=O) groups is 1. The zero-order valence-corrected chi connectivity index (χ0v) is 33.9. The van der Waals surface area contributed by atoms with Gasteiger partial charge < -0.3 is 51.1 Å².